The summed E-state index contributed by atoms with van der Waals surface area (Å²) in [7, 11) is 1.62. The van der Waals surface area contributed by atoms with Crippen LogP contribution in [0.1, 0.15) is 29.3 Å². The topological polar surface area (TPSA) is 57.6 Å². The monoisotopic (exact) mass is 309 g/mol. The number of carbonyl (C=O) groups is 2. The predicted molar refractivity (Wildman–Crippen MR) is 88.3 cm³/mol. The zero-order valence-electron chi connectivity index (χ0n) is 13.2. The third-order valence-electron chi connectivity index (χ3n) is 4.59. The molecular weight excluding hydrogens is 290 g/mol. The summed E-state index contributed by atoms with van der Waals surface area (Å²) in [6, 6.07) is 15.9. The first kappa shape index (κ1) is 15.4. The Morgan fingerprint density at radius 2 is 1.74 bits per heavy atom. The van der Waals surface area contributed by atoms with Crippen molar-refractivity contribution in [1.29, 1.82) is 0 Å². The van der Waals surface area contributed by atoms with Gasteiger partial charge in [-0.1, -0.05) is 55.5 Å². The van der Waals surface area contributed by atoms with Gasteiger partial charge >= 0.3 is 0 Å². The molecule has 0 unspecified atom stereocenters. The molecule has 0 saturated carbocycles. The maximum absolute atomic E-state index is 12.9. The lowest BCUT2D eigenvalue weighted by atomic mass is 9.76. The number of para-hydroxylation sites is 1. The summed E-state index contributed by atoms with van der Waals surface area (Å²) in [4.78, 5) is 27.1. The number of nitrogens with zero attached hydrogens (tertiary/aromatic N) is 1. The summed E-state index contributed by atoms with van der Waals surface area (Å²) in [6.07, 6.45) is 0.373. The van der Waals surface area contributed by atoms with E-state index in [1.165, 1.54) is 4.90 Å². The Hall–Kier alpha value is -2.46. The molecule has 3 rings (SSSR count). The standard InChI is InChI=1S/C19H19NO3/c1-3-14(17(21)13-9-5-4-6-10-13)19(23)15-11-7-8-12-16(15)20(2)18(19)22/h4-12,14,23H,3H2,1-2H3/t14-,19-/m0/s1. The van der Waals surface area contributed by atoms with Gasteiger partial charge < -0.3 is 10.0 Å². The minimum absolute atomic E-state index is 0.214. The Bertz CT molecular complexity index is 756. The van der Waals surface area contributed by atoms with Crippen molar-refractivity contribution >= 4 is 17.4 Å². The lowest BCUT2D eigenvalue weighted by Crippen LogP contribution is -2.47. The largest absolute Gasteiger partial charge is 0.375 e. The molecule has 0 radical (unpaired) electrons. The molecule has 23 heavy (non-hydrogen) atoms. The SMILES string of the molecule is CC[C@@H](C(=O)c1ccccc1)[C@@]1(O)C(=O)N(C)c2ccccc21. The van der Waals surface area contributed by atoms with Crippen LogP contribution in [0.3, 0.4) is 0 Å². The molecule has 0 fully saturated rings. The number of fused-ring (bicyclic) bond motifs is 1. The maximum Gasteiger partial charge on any atom is 0.264 e. The van der Waals surface area contributed by atoms with Gasteiger partial charge in [-0.15, -0.1) is 0 Å². The maximum atomic E-state index is 12.9. The molecule has 0 saturated heterocycles. The summed E-state index contributed by atoms with van der Waals surface area (Å²) >= 11 is 0. The van der Waals surface area contributed by atoms with Crippen molar-refractivity contribution in [1.82, 2.24) is 0 Å². The smallest absolute Gasteiger partial charge is 0.264 e. The van der Waals surface area contributed by atoms with Gasteiger partial charge in [0.1, 0.15) is 0 Å². The van der Waals surface area contributed by atoms with E-state index in [0.717, 1.165) is 0 Å². The van der Waals surface area contributed by atoms with Crippen molar-refractivity contribution in [3.8, 4) is 0 Å². The highest BCUT2D eigenvalue weighted by Crippen LogP contribution is 2.45. The Kier molecular flexibility index (Phi) is 3.78. The highest BCUT2D eigenvalue weighted by molar-refractivity contribution is 6.11. The average molecular weight is 309 g/mol. The molecule has 2 aromatic carbocycles. The van der Waals surface area contributed by atoms with E-state index in [1.54, 1.807) is 49.5 Å². The van der Waals surface area contributed by atoms with Crippen molar-refractivity contribution in [3.63, 3.8) is 0 Å². The van der Waals surface area contributed by atoms with Gasteiger partial charge in [0, 0.05) is 18.2 Å². The number of carbonyl (C=O) groups excluding carboxylic acids is 2. The molecule has 4 nitrogen and oxygen atoms in total. The zero-order valence-corrected chi connectivity index (χ0v) is 13.2. The Morgan fingerprint density at radius 3 is 2.39 bits per heavy atom. The second-order valence-corrected chi connectivity index (χ2v) is 5.84. The van der Waals surface area contributed by atoms with E-state index >= 15 is 0 Å². The summed E-state index contributed by atoms with van der Waals surface area (Å²) in [5.74, 6) is -1.48. The van der Waals surface area contributed by atoms with E-state index in [4.69, 9.17) is 0 Å². The van der Waals surface area contributed by atoms with Gasteiger partial charge in [0.05, 0.1) is 11.6 Å². The molecule has 1 heterocycles. The number of anilines is 1. The first-order chi connectivity index (χ1) is 11.0. The van der Waals surface area contributed by atoms with E-state index in [9.17, 15) is 14.7 Å². The van der Waals surface area contributed by atoms with Crippen molar-refractivity contribution in [2.24, 2.45) is 5.92 Å². The van der Waals surface area contributed by atoms with Gasteiger partial charge in [0.25, 0.3) is 5.91 Å². The number of benzene rings is 2. The number of ketones is 1. The van der Waals surface area contributed by atoms with Crippen molar-refractivity contribution in [2.45, 2.75) is 18.9 Å². The third-order valence-corrected chi connectivity index (χ3v) is 4.59. The fourth-order valence-corrected chi connectivity index (χ4v) is 3.38. The van der Waals surface area contributed by atoms with E-state index in [-0.39, 0.29) is 5.78 Å². The van der Waals surface area contributed by atoms with Crippen LogP contribution in [0.2, 0.25) is 0 Å². The molecule has 118 valence electrons. The van der Waals surface area contributed by atoms with E-state index < -0.39 is 17.4 Å². The molecule has 0 bridgehead atoms. The van der Waals surface area contributed by atoms with Crippen molar-refractivity contribution in [3.05, 3.63) is 65.7 Å². The average Bonchev–Trinajstić information content (AvgIpc) is 2.79. The number of hydrogen-bond donors (Lipinski definition) is 1. The second-order valence-electron chi connectivity index (χ2n) is 5.84. The van der Waals surface area contributed by atoms with Gasteiger partial charge in [0.2, 0.25) is 0 Å². The van der Waals surface area contributed by atoms with Crippen LogP contribution in [0.4, 0.5) is 5.69 Å². The summed E-state index contributed by atoms with van der Waals surface area (Å²) in [6.45, 7) is 1.82. The van der Waals surface area contributed by atoms with Gasteiger partial charge in [-0.25, -0.2) is 0 Å². The predicted octanol–water partition coefficient (Wildman–Crippen LogP) is 2.76. The van der Waals surface area contributed by atoms with Crippen molar-refractivity contribution < 1.29 is 14.7 Å². The lowest BCUT2D eigenvalue weighted by molar-refractivity contribution is -0.140. The molecule has 1 aliphatic rings. The van der Waals surface area contributed by atoms with E-state index in [0.29, 0.717) is 23.2 Å². The van der Waals surface area contributed by atoms with E-state index in [2.05, 4.69) is 0 Å². The molecule has 2 aromatic rings. The molecular formula is C19H19NO3. The number of hydrogen-bond acceptors (Lipinski definition) is 3. The molecule has 0 spiro atoms. The fourth-order valence-electron chi connectivity index (χ4n) is 3.38. The number of rotatable bonds is 4. The van der Waals surface area contributed by atoms with Crippen LogP contribution in [-0.2, 0) is 10.4 Å². The minimum atomic E-state index is -1.81. The van der Waals surface area contributed by atoms with Crippen LogP contribution < -0.4 is 4.90 Å². The number of likely N-dealkylation sites (N-methyl/N-ethyl adjacent to an activating group) is 1. The molecule has 2 atom stereocenters. The molecule has 0 aromatic heterocycles. The van der Waals surface area contributed by atoms with Gasteiger partial charge in [-0.2, -0.15) is 0 Å². The summed E-state index contributed by atoms with van der Waals surface area (Å²) < 4.78 is 0. The molecule has 1 aliphatic heterocycles. The molecule has 1 N–H and O–H groups in total. The van der Waals surface area contributed by atoms with E-state index in [1.807, 2.05) is 19.1 Å². The number of amides is 1. The lowest BCUT2D eigenvalue weighted by Gasteiger charge is -2.30. The Balaban J connectivity index is 2.11. The third kappa shape index (κ3) is 2.18. The first-order valence-electron chi connectivity index (χ1n) is 7.71. The van der Waals surface area contributed by atoms with Crippen LogP contribution in [0.25, 0.3) is 0 Å². The van der Waals surface area contributed by atoms with Crippen LogP contribution >= 0.6 is 0 Å². The first-order valence-corrected chi connectivity index (χ1v) is 7.71. The molecule has 4 heteroatoms. The van der Waals surface area contributed by atoms with Crippen LogP contribution in [0, 0.1) is 5.92 Å². The Labute approximate surface area is 135 Å². The van der Waals surface area contributed by atoms with Crippen LogP contribution in [0.15, 0.2) is 54.6 Å². The van der Waals surface area contributed by atoms with Gasteiger partial charge in [-0.05, 0) is 12.5 Å². The van der Waals surface area contributed by atoms with Gasteiger partial charge in [-0.3, -0.25) is 9.59 Å². The van der Waals surface area contributed by atoms with Crippen LogP contribution in [0.5, 0.6) is 0 Å². The van der Waals surface area contributed by atoms with Crippen molar-refractivity contribution in [2.75, 3.05) is 11.9 Å². The Morgan fingerprint density at radius 1 is 1.13 bits per heavy atom. The summed E-state index contributed by atoms with van der Waals surface area (Å²) in [5, 5.41) is 11.3. The summed E-state index contributed by atoms with van der Waals surface area (Å²) in [5.41, 5.74) is -0.150. The number of aliphatic hydroxyl groups is 1. The number of Topliss-reactive ketones (excluding diaryl/α,β-unsaturated/α-hetero) is 1. The molecule has 1 amide bonds. The minimum Gasteiger partial charge on any atom is -0.375 e. The fraction of sp³-hybridized carbons (Fsp3) is 0.263. The quantitative estimate of drug-likeness (QED) is 0.884. The van der Waals surface area contributed by atoms with Gasteiger partial charge in [0.15, 0.2) is 11.4 Å². The van der Waals surface area contributed by atoms with Crippen LogP contribution in [-0.4, -0.2) is 23.8 Å². The normalized spacial score (nSPS) is 21.2. The zero-order chi connectivity index (χ0) is 16.6. The second kappa shape index (κ2) is 5.63. The molecule has 0 aliphatic carbocycles. The highest BCUT2D eigenvalue weighted by atomic mass is 16.3. The highest BCUT2D eigenvalue weighted by Gasteiger charge is 2.55.